The monoisotopic (exact) mass is 315 g/mol. The summed E-state index contributed by atoms with van der Waals surface area (Å²) in [6, 6.07) is 3.55. The maximum absolute atomic E-state index is 12.1. The largest absolute Gasteiger partial charge is 0.375 e. The number of hydrogen-bond donors (Lipinski definition) is 2. The van der Waals surface area contributed by atoms with Gasteiger partial charge in [-0.05, 0) is 46.8 Å². The Morgan fingerprint density at radius 1 is 1.24 bits per heavy atom. The zero-order valence-electron chi connectivity index (χ0n) is 12.8. The third kappa shape index (κ3) is 4.98. The van der Waals surface area contributed by atoms with Crippen LogP contribution < -0.4 is 10.0 Å². The minimum absolute atomic E-state index is 0.123. The number of nitro groups is 1. The van der Waals surface area contributed by atoms with E-state index >= 15 is 0 Å². The molecule has 0 bridgehead atoms. The van der Waals surface area contributed by atoms with E-state index in [1.54, 1.807) is 13.8 Å². The van der Waals surface area contributed by atoms with Gasteiger partial charge in [-0.15, -0.1) is 0 Å². The summed E-state index contributed by atoms with van der Waals surface area (Å²) in [7, 11) is -3.76. The molecule has 0 radical (unpaired) electrons. The second kappa shape index (κ2) is 5.98. The van der Waals surface area contributed by atoms with E-state index in [4.69, 9.17) is 0 Å². The summed E-state index contributed by atoms with van der Waals surface area (Å²) in [5.41, 5.74) is -0.353. The fourth-order valence-corrected chi connectivity index (χ4v) is 2.99. The number of anilines is 1. The predicted octanol–water partition coefficient (Wildman–Crippen LogP) is 2.49. The van der Waals surface area contributed by atoms with Crippen molar-refractivity contribution in [1.82, 2.24) is 4.72 Å². The van der Waals surface area contributed by atoms with Crippen molar-refractivity contribution in [2.24, 2.45) is 0 Å². The van der Waals surface area contributed by atoms with Crippen molar-refractivity contribution in [2.75, 3.05) is 5.32 Å². The molecule has 0 amide bonds. The maximum Gasteiger partial charge on any atom is 0.293 e. The summed E-state index contributed by atoms with van der Waals surface area (Å²) in [6.07, 6.45) is 0. The van der Waals surface area contributed by atoms with Crippen LogP contribution in [-0.4, -0.2) is 24.9 Å². The topological polar surface area (TPSA) is 101 Å². The highest BCUT2D eigenvalue weighted by atomic mass is 32.2. The van der Waals surface area contributed by atoms with Gasteiger partial charge in [-0.1, -0.05) is 0 Å². The maximum atomic E-state index is 12.1. The molecule has 0 heterocycles. The molecule has 1 aromatic carbocycles. The van der Waals surface area contributed by atoms with E-state index in [1.165, 1.54) is 12.1 Å². The Balaban J connectivity index is 3.30. The first-order chi connectivity index (χ1) is 9.42. The summed E-state index contributed by atoms with van der Waals surface area (Å²) in [6.45, 7) is 8.95. The van der Waals surface area contributed by atoms with Crippen LogP contribution in [0.3, 0.4) is 0 Å². The van der Waals surface area contributed by atoms with Crippen molar-refractivity contribution in [2.45, 2.75) is 51.1 Å². The first kappa shape index (κ1) is 17.4. The van der Waals surface area contributed by atoms with Crippen LogP contribution in [0, 0.1) is 10.1 Å². The van der Waals surface area contributed by atoms with Gasteiger partial charge in [0.2, 0.25) is 10.0 Å². The Morgan fingerprint density at radius 2 is 1.81 bits per heavy atom. The van der Waals surface area contributed by atoms with Gasteiger partial charge in [-0.3, -0.25) is 10.1 Å². The summed E-state index contributed by atoms with van der Waals surface area (Å²) in [5.74, 6) is 0. The zero-order valence-corrected chi connectivity index (χ0v) is 13.6. The Bertz CT molecular complexity index is 633. The van der Waals surface area contributed by atoms with Gasteiger partial charge in [-0.2, -0.15) is 0 Å². The van der Waals surface area contributed by atoms with E-state index in [0.29, 0.717) is 0 Å². The zero-order chi connectivity index (χ0) is 16.4. The molecule has 1 rings (SSSR count). The van der Waals surface area contributed by atoms with Crippen LogP contribution in [0.2, 0.25) is 0 Å². The predicted molar refractivity (Wildman–Crippen MR) is 81.9 cm³/mol. The van der Waals surface area contributed by atoms with Crippen molar-refractivity contribution in [1.29, 1.82) is 0 Å². The number of benzene rings is 1. The lowest BCUT2D eigenvalue weighted by Gasteiger charge is -2.22. The molecule has 0 aliphatic carbocycles. The number of nitro benzene ring substituents is 1. The van der Waals surface area contributed by atoms with Crippen LogP contribution in [0.1, 0.15) is 34.6 Å². The van der Waals surface area contributed by atoms with E-state index in [1.807, 2.05) is 20.8 Å². The molecular formula is C13H21N3O4S. The third-order valence-electron chi connectivity index (χ3n) is 2.38. The average Bonchev–Trinajstić information content (AvgIpc) is 2.24. The minimum atomic E-state index is -3.76. The molecule has 0 aromatic heterocycles. The highest BCUT2D eigenvalue weighted by Crippen LogP contribution is 2.29. The van der Waals surface area contributed by atoms with Crippen LogP contribution in [-0.2, 0) is 10.0 Å². The lowest BCUT2D eigenvalue weighted by molar-refractivity contribution is -0.384. The molecule has 2 N–H and O–H groups in total. The molecular weight excluding hydrogens is 294 g/mol. The second-order valence-corrected chi connectivity index (χ2v) is 7.80. The molecule has 7 nitrogen and oxygen atoms in total. The second-order valence-electron chi connectivity index (χ2n) is 6.09. The van der Waals surface area contributed by atoms with Gasteiger partial charge in [0.25, 0.3) is 5.69 Å². The molecule has 21 heavy (non-hydrogen) atoms. The highest BCUT2D eigenvalue weighted by Gasteiger charge is 2.23. The quantitative estimate of drug-likeness (QED) is 0.642. The fraction of sp³-hybridized carbons (Fsp3) is 0.538. The molecule has 0 fully saturated rings. The summed E-state index contributed by atoms with van der Waals surface area (Å²) in [5, 5.41) is 14.2. The van der Waals surface area contributed by atoms with E-state index in [0.717, 1.165) is 6.07 Å². The Labute approximate surface area is 124 Å². The first-order valence-electron chi connectivity index (χ1n) is 6.51. The number of nitrogens with zero attached hydrogens (tertiary/aromatic N) is 1. The standard InChI is InChI=1S/C13H21N3O4S/c1-9(2)15-21(19,20)10-6-7-11(14-13(3,4)5)12(8-10)16(17)18/h6-9,14-15H,1-5H3. The molecule has 0 spiro atoms. The van der Waals surface area contributed by atoms with Gasteiger partial charge in [0.1, 0.15) is 5.69 Å². The average molecular weight is 315 g/mol. The van der Waals surface area contributed by atoms with Crippen LogP contribution in [0.25, 0.3) is 0 Å². The third-order valence-corrected chi connectivity index (χ3v) is 4.03. The molecule has 0 aliphatic rings. The number of hydrogen-bond acceptors (Lipinski definition) is 5. The molecule has 0 atom stereocenters. The van der Waals surface area contributed by atoms with Gasteiger partial charge in [0, 0.05) is 17.6 Å². The minimum Gasteiger partial charge on any atom is -0.375 e. The van der Waals surface area contributed by atoms with Gasteiger partial charge in [0.05, 0.1) is 9.82 Å². The molecule has 0 aliphatic heterocycles. The van der Waals surface area contributed by atoms with Crippen molar-refractivity contribution >= 4 is 21.4 Å². The van der Waals surface area contributed by atoms with Gasteiger partial charge in [-0.25, -0.2) is 13.1 Å². The summed E-state index contributed by atoms with van der Waals surface area (Å²) in [4.78, 5) is 10.4. The molecule has 0 unspecified atom stereocenters. The van der Waals surface area contributed by atoms with Gasteiger partial charge >= 0.3 is 0 Å². The summed E-state index contributed by atoms with van der Waals surface area (Å²) >= 11 is 0. The molecule has 118 valence electrons. The number of nitrogens with one attached hydrogen (secondary N) is 2. The number of rotatable bonds is 5. The number of sulfonamides is 1. The molecule has 1 aromatic rings. The Hall–Kier alpha value is -1.67. The van der Waals surface area contributed by atoms with E-state index < -0.39 is 14.9 Å². The van der Waals surface area contributed by atoms with Crippen molar-refractivity contribution in [3.05, 3.63) is 28.3 Å². The Kier molecular flexibility index (Phi) is 4.95. The van der Waals surface area contributed by atoms with E-state index in [9.17, 15) is 18.5 Å². The van der Waals surface area contributed by atoms with Crippen molar-refractivity contribution in [3.63, 3.8) is 0 Å². The SMILES string of the molecule is CC(C)NS(=O)(=O)c1ccc(NC(C)(C)C)c([N+](=O)[O-])c1. The van der Waals surface area contributed by atoms with Crippen LogP contribution >= 0.6 is 0 Å². The first-order valence-corrected chi connectivity index (χ1v) is 7.99. The normalized spacial score (nSPS) is 12.5. The molecule has 0 saturated heterocycles. The van der Waals surface area contributed by atoms with Gasteiger partial charge < -0.3 is 5.32 Å². The molecule has 8 heteroatoms. The Morgan fingerprint density at radius 3 is 2.24 bits per heavy atom. The fourth-order valence-electron chi connectivity index (χ4n) is 1.72. The van der Waals surface area contributed by atoms with Crippen LogP contribution in [0.5, 0.6) is 0 Å². The smallest absolute Gasteiger partial charge is 0.293 e. The van der Waals surface area contributed by atoms with E-state index in [2.05, 4.69) is 10.0 Å². The highest BCUT2D eigenvalue weighted by molar-refractivity contribution is 7.89. The van der Waals surface area contributed by atoms with Crippen molar-refractivity contribution in [3.8, 4) is 0 Å². The molecule has 0 saturated carbocycles. The van der Waals surface area contributed by atoms with E-state index in [-0.39, 0.29) is 27.9 Å². The lowest BCUT2D eigenvalue weighted by atomic mass is 10.1. The summed E-state index contributed by atoms with van der Waals surface area (Å²) < 4.78 is 26.5. The lowest BCUT2D eigenvalue weighted by Crippen LogP contribution is -2.30. The van der Waals surface area contributed by atoms with Crippen LogP contribution in [0.15, 0.2) is 23.1 Å². The van der Waals surface area contributed by atoms with Crippen molar-refractivity contribution < 1.29 is 13.3 Å². The van der Waals surface area contributed by atoms with Crippen LogP contribution in [0.4, 0.5) is 11.4 Å². The van der Waals surface area contributed by atoms with Gasteiger partial charge in [0.15, 0.2) is 0 Å².